The van der Waals surface area contributed by atoms with Crippen LogP contribution in [-0.4, -0.2) is 32.9 Å². The summed E-state index contributed by atoms with van der Waals surface area (Å²) in [5, 5.41) is 17.2. The molecule has 0 aromatic carbocycles. The lowest BCUT2D eigenvalue weighted by molar-refractivity contribution is 0.0448. The first-order valence-corrected chi connectivity index (χ1v) is 6.96. The van der Waals surface area contributed by atoms with Gasteiger partial charge >= 0.3 is 0 Å². The zero-order chi connectivity index (χ0) is 14.0. The van der Waals surface area contributed by atoms with Crippen molar-refractivity contribution in [2.75, 3.05) is 6.54 Å². The molecule has 0 unspecified atom stereocenters. The Kier molecular flexibility index (Phi) is 3.94. The minimum atomic E-state index is -0.717. The second kappa shape index (κ2) is 5.33. The molecule has 1 heterocycles. The number of carbonyl (C=O) groups is 1. The molecule has 5 heteroatoms. The predicted molar refractivity (Wildman–Crippen MR) is 73.0 cm³/mol. The number of hydrogen-bond acceptors (Lipinski definition) is 3. The van der Waals surface area contributed by atoms with E-state index in [-0.39, 0.29) is 5.91 Å². The van der Waals surface area contributed by atoms with Crippen molar-refractivity contribution in [2.45, 2.75) is 51.0 Å². The second-order valence-corrected chi connectivity index (χ2v) is 5.85. The number of rotatable bonds is 4. The van der Waals surface area contributed by atoms with Gasteiger partial charge in [0.25, 0.3) is 5.91 Å². The largest absolute Gasteiger partial charge is 0.388 e. The average Bonchev–Trinajstić information content (AvgIpc) is 2.93. The molecule has 2 N–H and O–H groups in total. The SMILES string of the molecule is CC(C)c1cc(C(=O)NCC2(O)CCCC2)nn1C. The van der Waals surface area contributed by atoms with Crippen LogP contribution in [0.4, 0.5) is 0 Å². The summed E-state index contributed by atoms with van der Waals surface area (Å²) in [5.41, 5.74) is 0.739. The lowest BCUT2D eigenvalue weighted by Crippen LogP contribution is -2.40. The summed E-state index contributed by atoms with van der Waals surface area (Å²) in [4.78, 5) is 12.0. The molecular formula is C14H23N3O2. The smallest absolute Gasteiger partial charge is 0.271 e. The van der Waals surface area contributed by atoms with E-state index in [0.29, 0.717) is 18.2 Å². The van der Waals surface area contributed by atoms with Crippen LogP contribution in [0.25, 0.3) is 0 Å². The molecule has 0 aliphatic heterocycles. The molecule has 1 fully saturated rings. The van der Waals surface area contributed by atoms with Crippen LogP contribution in [0, 0.1) is 0 Å². The van der Waals surface area contributed by atoms with Crippen molar-refractivity contribution in [2.24, 2.45) is 7.05 Å². The number of aryl methyl sites for hydroxylation is 1. The first kappa shape index (κ1) is 14.1. The molecule has 0 atom stereocenters. The lowest BCUT2D eigenvalue weighted by Gasteiger charge is -2.21. The van der Waals surface area contributed by atoms with Crippen LogP contribution in [0.1, 0.15) is 61.6 Å². The van der Waals surface area contributed by atoms with E-state index in [1.807, 2.05) is 13.1 Å². The van der Waals surface area contributed by atoms with Gasteiger partial charge in [0.1, 0.15) is 5.69 Å². The van der Waals surface area contributed by atoms with E-state index >= 15 is 0 Å². The molecule has 1 aliphatic carbocycles. The van der Waals surface area contributed by atoms with Crippen LogP contribution < -0.4 is 5.32 Å². The Hall–Kier alpha value is -1.36. The Labute approximate surface area is 114 Å². The van der Waals surface area contributed by atoms with Crippen molar-refractivity contribution < 1.29 is 9.90 Å². The molecule has 1 saturated carbocycles. The van der Waals surface area contributed by atoms with Crippen LogP contribution in [-0.2, 0) is 7.05 Å². The van der Waals surface area contributed by atoms with Crippen LogP contribution in [0.2, 0.25) is 0 Å². The Morgan fingerprint density at radius 3 is 2.68 bits per heavy atom. The summed E-state index contributed by atoms with van der Waals surface area (Å²) in [6.07, 6.45) is 3.61. The van der Waals surface area contributed by atoms with Gasteiger partial charge in [-0.3, -0.25) is 9.48 Å². The third-order valence-corrected chi connectivity index (χ3v) is 3.85. The van der Waals surface area contributed by atoms with Crippen LogP contribution >= 0.6 is 0 Å². The first-order chi connectivity index (χ1) is 8.91. The minimum absolute atomic E-state index is 0.206. The number of nitrogens with one attached hydrogen (secondary N) is 1. The topological polar surface area (TPSA) is 67.2 Å². The van der Waals surface area contributed by atoms with Gasteiger partial charge in [0.2, 0.25) is 0 Å². The summed E-state index contributed by atoms with van der Waals surface area (Å²) in [6, 6.07) is 1.82. The zero-order valence-corrected chi connectivity index (χ0v) is 11.9. The quantitative estimate of drug-likeness (QED) is 0.868. The van der Waals surface area contributed by atoms with Gasteiger partial charge in [-0.1, -0.05) is 26.7 Å². The van der Waals surface area contributed by atoms with E-state index in [2.05, 4.69) is 24.3 Å². The molecule has 0 saturated heterocycles. The monoisotopic (exact) mass is 265 g/mol. The maximum atomic E-state index is 12.0. The normalized spacial score (nSPS) is 17.9. The highest BCUT2D eigenvalue weighted by atomic mass is 16.3. The lowest BCUT2D eigenvalue weighted by atomic mass is 10.0. The number of hydrogen-bond donors (Lipinski definition) is 2. The van der Waals surface area contributed by atoms with Gasteiger partial charge in [-0.05, 0) is 24.8 Å². The summed E-state index contributed by atoms with van der Waals surface area (Å²) in [6.45, 7) is 4.46. The van der Waals surface area contributed by atoms with E-state index in [4.69, 9.17) is 0 Å². The predicted octanol–water partition coefficient (Wildman–Crippen LogP) is 1.58. The van der Waals surface area contributed by atoms with Crippen molar-refractivity contribution in [3.8, 4) is 0 Å². The number of aromatic nitrogens is 2. The van der Waals surface area contributed by atoms with Gasteiger partial charge in [0.15, 0.2) is 0 Å². The maximum absolute atomic E-state index is 12.0. The summed E-state index contributed by atoms with van der Waals surface area (Å²) >= 11 is 0. The van der Waals surface area contributed by atoms with Crippen molar-refractivity contribution in [3.63, 3.8) is 0 Å². The third-order valence-electron chi connectivity index (χ3n) is 3.85. The molecule has 1 amide bonds. The van der Waals surface area contributed by atoms with Gasteiger partial charge in [-0.25, -0.2) is 0 Å². The van der Waals surface area contributed by atoms with E-state index in [1.54, 1.807) is 4.68 Å². The van der Waals surface area contributed by atoms with E-state index in [9.17, 15) is 9.90 Å². The molecule has 19 heavy (non-hydrogen) atoms. The number of amides is 1. The summed E-state index contributed by atoms with van der Waals surface area (Å²) in [5.74, 6) is 0.126. The van der Waals surface area contributed by atoms with Gasteiger partial charge in [-0.2, -0.15) is 5.10 Å². The average molecular weight is 265 g/mol. The van der Waals surface area contributed by atoms with Gasteiger partial charge in [0.05, 0.1) is 5.60 Å². The van der Waals surface area contributed by atoms with Crippen molar-refractivity contribution >= 4 is 5.91 Å². The molecule has 1 aromatic rings. The third kappa shape index (κ3) is 3.15. The van der Waals surface area contributed by atoms with Gasteiger partial charge in [0, 0.05) is 19.3 Å². The second-order valence-electron chi connectivity index (χ2n) is 5.85. The Balaban J connectivity index is 1.98. The molecule has 106 valence electrons. The van der Waals surface area contributed by atoms with Crippen LogP contribution in [0.15, 0.2) is 6.07 Å². The number of carbonyl (C=O) groups excluding carboxylic acids is 1. The van der Waals surface area contributed by atoms with Crippen molar-refractivity contribution in [1.82, 2.24) is 15.1 Å². The standard InChI is InChI=1S/C14H23N3O2/c1-10(2)12-8-11(16-17(12)3)13(18)15-9-14(19)6-4-5-7-14/h8,10,19H,4-7,9H2,1-3H3,(H,15,18). The summed E-state index contributed by atoms with van der Waals surface area (Å²) < 4.78 is 1.74. The Morgan fingerprint density at radius 1 is 1.53 bits per heavy atom. The van der Waals surface area contributed by atoms with E-state index in [1.165, 1.54) is 0 Å². The molecule has 1 aromatic heterocycles. The highest BCUT2D eigenvalue weighted by Crippen LogP contribution is 2.28. The molecule has 0 radical (unpaired) electrons. The number of nitrogens with zero attached hydrogens (tertiary/aromatic N) is 2. The van der Waals surface area contributed by atoms with E-state index < -0.39 is 5.60 Å². The van der Waals surface area contributed by atoms with Gasteiger partial charge < -0.3 is 10.4 Å². The van der Waals surface area contributed by atoms with Gasteiger partial charge in [-0.15, -0.1) is 0 Å². The maximum Gasteiger partial charge on any atom is 0.271 e. The Bertz CT molecular complexity index is 459. The Morgan fingerprint density at radius 2 is 2.16 bits per heavy atom. The molecule has 1 aliphatic rings. The molecule has 0 spiro atoms. The molecule has 5 nitrogen and oxygen atoms in total. The van der Waals surface area contributed by atoms with Crippen LogP contribution in [0.5, 0.6) is 0 Å². The highest BCUT2D eigenvalue weighted by molar-refractivity contribution is 5.92. The van der Waals surface area contributed by atoms with Crippen molar-refractivity contribution in [3.05, 3.63) is 17.5 Å². The van der Waals surface area contributed by atoms with Crippen molar-refractivity contribution in [1.29, 1.82) is 0 Å². The fourth-order valence-corrected chi connectivity index (χ4v) is 2.68. The highest BCUT2D eigenvalue weighted by Gasteiger charge is 2.31. The molecular weight excluding hydrogens is 242 g/mol. The fraction of sp³-hybridized carbons (Fsp3) is 0.714. The molecule has 0 bridgehead atoms. The summed E-state index contributed by atoms with van der Waals surface area (Å²) in [7, 11) is 1.84. The fourth-order valence-electron chi connectivity index (χ4n) is 2.68. The zero-order valence-electron chi connectivity index (χ0n) is 11.9. The van der Waals surface area contributed by atoms with Crippen LogP contribution in [0.3, 0.4) is 0 Å². The molecule has 2 rings (SSSR count). The minimum Gasteiger partial charge on any atom is -0.388 e. The number of aliphatic hydroxyl groups is 1. The van der Waals surface area contributed by atoms with E-state index in [0.717, 1.165) is 31.4 Å². The first-order valence-electron chi connectivity index (χ1n) is 6.96.